The Bertz CT molecular complexity index is 572. The van der Waals surface area contributed by atoms with Gasteiger partial charge in [0.1, 0.15) is 0 Å². The van der Waals surface area contributed by atoms with Crippen molar-refractivity contribution in [1.29, 1.82) is 0 Å². The fraction of sp³-hybridized carbons (Fsp3) is 0.154. The van der Waals surface area contributed by atoms with Gasteiger partial charge in [-0.3, -0.25) is 0 Å². The number of carbonyl (C=O) groups excluding carboxylic acids is 1. The fourth-order valence-corrected chi connectivity index (χ4v) is 2.54. The Morgan fingerprint density at radius 3 is 2.75 bits per heavy atom. The van der Waals surface area contributed by atoms with Gasteiger partial charge in [-0.25, -0.2) is 4.79 Å². The van der Waals surface area contributed by atoms with Crippen LogP contribution in [0.5, 0.6) is 0 Å². The molecule has 0 saturated heterocycles. The molecule has 0 spiro atoms. The summed E-state index contributed by atoms with van der Waals surface area (Å²) in [6.45, 7) is 0. The molecule has 2 amide bonds. The summed E-state index contributed by atoms with van der Waals surface area (Å²) >= 11 is 0. The number of hydrogen-bond acceptors (Lipinski definition) is 1. The second kappa shape index (κ2) is 3.23. The Morgan fingerprint density at radius 1 is 1.25 bits per heavy atom. The molecule has 2 aromatic rings. The molecule has 1 unspecified atom stereocenters. The van der Waals surface area contributed by atoms with E-state index in [-0.39, 0.29) is 6.04 Å². The lowest BCUT2D eigenvalue weighted by Crippen LogP contribution is -2.32. The van der Waals surface area contributed by atoms with Crippen LogP contribution in [0.15, 0.2) is 36.4 Å². The highest BCUT2D eigenvalue weighted by Crippen LogP contribution is 2.36. The molecule has 16 heavy (non-hydrogen) atoms. The first-order chi connectivity index (χ1) is 7.75. The van der Waals surface area contributed by atoms with Crippen LogP contribution in [0.25, 0.3) is 10.8 Å². The van der Waals surface area contributed by atoms with Crippen LogP contribution >= 0.6 is 0 Å². The predicted molar refractivity (Wildman–Crippen MR) is 63.1 cm³/mol. The maximum atomic E-state index is 10.9. The van der Waals surface area contributed by atoms with Crippen LogP contribution in [0.3, 0.4) is 0 Å². The van der Waals surface area contributed by atoms with Gasteiger partial charge in [-0.15, -0.1) is 0 Å². The molecule has 3 heteroatoms. The van der Waals surface area contributed by atoms with Crippen LogP contribution in [-0.4, -0.2) is 6.03 Å². The number of rotatable bonds is 1. The lowest BCUT2D eigenvalue weighted by atomic mass is 10.0. The normalized spacial score (nSPS) is 17.6. The number of nitrogens with one attached hydrogen (secondary N) is 1. The summed E-state index contributed by atoms with van der Waals surface area (Å²) in [5.41, 5.74) is 7.64. The second-order valence-corrected chi connectivity index (χ2v) is 4.13. The number of benzene rings is 2. The van der Waals surface area contributed by atoms with E-state index in [0.29, 0.717) is 0 Å². The molecule has 2 aromatic carbocycles. The van der Waals surface area contributed by atoms with Crippen LogP contribution in [0.1, 0.15) is 17.2 Å². The van der Waals surface area contributed by atoms with Crippen molar-refractivity contribution in [2.45, 2.75) is 12.5 Å². The molecule has 0 fully saturated rings. The Kier molecular flexibility index (Phi) is 1.86. The van der Waals surface area contributed by atoms with E-state index in [1.807, 2.05) is 12.1 Å². The number of nitrogens with two attached hydrogens (primary N) is 1. The van der Waals surface area contributed by atoms with Gasteiger partial charge in [-0.1, -0.05) is 36.4 Å². The standard InChI is InChI=1S/C13H12N2O/c14-13(16)15-11-7-9-5-1-3-8-4-2-6-10(11)12(8)9/h1-6,11H,7H2,(H3,14,15,16). The summed E-state index contributed by atoms with van der Waals surface area (Å²) in [6, 6.07) is 12.0. The van der Waals surface area contributed by atoms with Gasteiger partial charge in [-0.05, 0) is 28.3 Å². The third-order valence-electron chi connectivity index (χ3n) is 3.14. The van der Waals surface area contributed by atoms with Gasteiger partial charge >= 0.3 is 6.03 Å². The van der Waals surface area contributed by atoms with Gasteiger partial charge in [0.15, 0.2) is 0 Å². The molecule has 0 heterocycles. The SMILES string of the molecule is NC(=O)NC1Cc2cccc3cccc1c23. The van der Waals surface area contributed by atoms with Crippen molar-refractivity contribution < 1.29 is 4.79 Å². The number of primary amides is 1. The van der Waals surface area contributed by atoms with E-state index in [0.717, 1.165) is 6.42 Å². The first kappa shape index (κ1) is 9.21. The zero-order chi connectivity index (χ0) is 11.1. The smallest absolute Gasteiger partial charge is 0.312 e. The zero-order valence-corrected chi connectivity index (χ0v) is 8.73. The topological polar surface area (TPSA) is 55.1 Å². The lowest BCUT2D eigenvalue weighted by Gasteiger charge is -2.11. The van der Waals surface area contributed by atoms with Crippen molar-refractivity contribution in [1.82, 2.24) is 5.32 Å². The second-order valence-electron chi connectivity index (χ2n) is 4.13. The third kappa shape index (κ3) is 1.25. The lowest BCUT2D eigenvalue weighted by molar-refractivity contribution is 0.245. The van der Waals surface area contributed by atoms with Gasteiger partial charge < -0.3 is 11.1 Å². The van der Waals surface area contributed by atoms with Gasteiger partial charge in [0.25, 0.3) is 0 Å². The van der Waals surface area contributed by atoms with E-state index in [1.165, 1.54) is 21.9 Å². The van der Waals surface area contributed by atoms with Gasteiger partial charge in [0.05, 0.1) is 6.04 Å². The van der Waals surface area contributed by atoms with Crippen LogP contribution < -0.4 is 11.1 Å². The summed E-state index contributed by atoms with van der Waals surface area (Å²) < 4.78 is 0. The van der Waals surface area contributed by atoms with E-state index >= 15 is 0 Å². The first-order valence-electron chi connectivity index (χ1n) is 5.32. The van der Waals surface area contributed by atoms with Crippen molar-refractivity contribution in [3.8, 4) is 0 Å². The van der Waals surface area contributed by atoms with Crippen molar-refractivity contribution in [3.63, 3.8) is 0 Å². The molecule has 0 aromatic heterocycles. The Hall–Kier alpha value is -2.03. The number of urea groups is 1. The molecule has 0 aliphatic heterocycles. The summed E-state index contributed by atoms with van der Waals surface area (Å²) in [6.07, 6.45) is 0.833. The Morgan fingerprint density at radius 2 is 2.00 bits per heavy atom. The van der Waals surface area contributed by atoms with Gasteiger partial charge in [0, 0.05) is 0 Å². The van der Waals surface area contributed by atoms with Crippen molar-refractivity contribution >= 4 is 16.8 Å². The molecule has 0 saturated carbocycles. The maximum Gasteiger partial charge on any atom is 0.312 e. The molecule has 80 valence electrons. The van der Waals surface area contributed by atoms with Gasteiger partial charge in [0.2, 0.25) is 0 Å². The van der Waals surface area contributed by atoms with Crippen LogP contribution in [0.2, 0.25) is 0 Å². The zero-order valence-electron chi connectivity index (χ0n) is 8.73. The molecular weight excluding hydrogens is 200 g/mol. The molecule has 3 rings (SSSR count). The highest BCUT2D eigenvalue weighted by atomic mass is 16.2. The average molecular weight is 212 g/mol. The van der Waals surface area contributed by atoms with E-state index in [2.05, 4.69) is 29.6 Å². The van der Waals surface area contributed by atoms with Gasteiger partial charge in [-0.2, -0.15) is 0 Å². The predicted octanol–water partition coefficient (Wildman–Crippen LogP) is 2.11. The summed E-state index contributed by atoms with van der Waals surface area (Å²) in [4.78, 5) is 10.9. The highest BCUT2D eigenvalue weighted by molar-refractivity contribution is 5.92. The minimum atomic E-state index is -0.463. The first-order valence-corrected chi connectivity index (χ1v) is 5.32. The monoisotopic (exact) mass is 212 g/mol. The molecular formula is C13H12N2O. The molecule has 1 aliphatic carbocycles. The van der Waals surface area contributed by atoms with Crippen molar-refractivity contribution in [2.24, 2.45) is 5.73 Å². The fourth-order valence-electron chi connectivity index (χ4n) is 2.54. The molecule has 3 N–H and O–H groups in total. The average Bonchev–Trinajstić information content (AvgIpc) is 2.59. The van der Waals surface area contributed by atoms with Crippen molar-refractivity contribution in [3.05, 3.63) is 47.5 Å². The minimum Gasteiger partial charge on any atom is -0.352 e. The summed E-state index contributed by atoms with van der Waals surface area (Å²) in [5.74, 6) is 0. The molecule has 0 radical (unpaired) electrons. The van der Waals surface area contributed by atoms with Crippen LogP contribution in [0, 0.1) is 0 Å². The molecule has 0 bridgehead atoms. The van der Waals surface area contributed by atoms with Crippen molar-refractivity contribution in [2.75, 3.05) is 0 Å². The third-order valence-corrected chi connectivity index (χ3v) is 3.14. The Labute approximate surface area is 93.3 Å². The number of hydrogen-bond donors (Lipinski definition) is 2. The maximum absolute atomic E-state index is 10.9. The molecule has 1 atom stereocenters. The van der Waals surface area contributed by atoms with Crippen LogP contribution in [-0.2, 0) is 6.42 Å². The largest absolute Gasteiger partial charge is 0.352 e. The quantitative estimate of drug-likeness (QED) is 0.747. The molecule has 1 aliphatic rings. The van der Waals surface area contributed by atoms with E-state index in [9.17, 15) is 4.79 Å². The Balaban J connectivity index is 2.17. The highest BCUT2D eigenvalue weighted by Gasteiger charge is 2.24. The number of amides is 2. The van der Waals surface area contributed by atoms with E-state index in [1.54, 1.807) is 0 Å². The van der Waals surface area contributed by atoms with Crippen LogP contribution in [0.4, 0.5) is 4.79 Å². The minimum absolute atomic E-state index is 0.0265. The summed E-state index contributed by atoms with van der Waals surface area (Å²) in [5, 5.41) is 5.28. The molecule has 3 nitrogen and oxygen atoms in total. The summed E-state index contributed by atoms with van der Waals surface area (Å²) in [7, 11) is 0. The number of carbonyl (C=O) groups is 1. The van der Waals surface area contributed by atoms with E-state index in [4.69, 9.17) is 5.73 Å². The van der Waals surface area contributed by atoms with E-state index < -0.39 is 6.03 Å².